The van der Waals surface area contributed by atoms with Gasteiger partial charge in [-0.1, -0.05) is 67.9 Å². The Kier molecular flexibility index (Phi) is 9.73. The van der Waals surface area contributed by atoms with Crippen molar-refractivity contribution >= 4 is 23.4 Å². The minimum absolute atomic E-state index is 0.0470. The van der Waals surface area contributed by atoms with Crippen molar-refractivity contribution in [3.8, 4) is 0 Å². The van der Waals surface area contributed by atoms with Gasteiger partial charge in [-0.3, -0.25) is 14.5 Å². The number of morpholine rings is 1. The molecular weight excluding hydrogens is 438 g/mol. The van der Waals surface area contributed by atoms with E-state index in [1.165, 1.54) is 0 Å². The number of nitrogens with one attached hydrogen (secondary N) is 1. The largest absolute Gasteiger partial charge is 0.379 e. The van der Waals surface area contributed by atoms with Gasteiger partial charge in [0.2, 0.25) is 11.8 Å². The van der Waals surface area contributed by atoms with Gasteiger partial charge in [-0.25, -0.2) is 0 Å². The number of rotatable bonds is 10. The Balaban J connectivity index is 1.78. The molecule has 1 aliphatic rings. The third kappa shape index (κ3) is 7.84. The number of amides is 2. The number of carbonyl (C=O) groups excluding carboxylic acids is 2. The monoisotopic (exact) mass is 471 g/mol. The number of halogens is 1. The highest BCUT2D eigenvalue weighted by atomic mass is 35.5. The van der Waals surface area contributed by atoms with Crippen molar-refractivity contribution in [3.63, 3.8) is 0 Å². The quantitative estimate of drug-likeness (QED) is 0.577. The Morgan fingerprint density at radius 3 is 2.33 bits per heavy atom. The summed E-state index contributed by atoms with van der Waals surface area (Å²) >= 11 is 6.05. The second-order valence-electron chi connectivity index (χ2n) is 8.70. The summed E-state index contributed by atoms with van der Waals surface area (Å²) in [6.07, 6.45) is 0.455. The van der Waals surface area contributed by atoms with E-state index in [0.717, 1.165) is 44.0 Å². The van der Waals surface area contributed by atoms with E-state index in [4.69, 9.17) is 16.3 Å². The molecule has 1 heterocycles. The van der Waals surface area contributed by atoms with Crippen molar-refractivity contribution < 1.29 is 14.3 Å². The van der Waals surface area contributed by atoms with E-state index in [-0.39, 0.29) is 17.7 Å². The fourth-order valence-corrected chi connectivity index (χ4v) is 4.05. The predicted molar refractivity (Wildman–Crippen MR) is 131 cm³/mol. The lowest BCUT2D eigenvalue weighted by Gasteiger charge is -2.33. The number of nitrogens with zero attached hydrogens (tertiary/aromatic N) is 2. The first-order chi connectivity index (χ1) is 15.9. The summed E-state index contributed by atoms with van der Waals surface area (Å²) in [6.45, 7) is 8.58. The van der Waals surface area contributed by atoms with E-state index in [0.29, 0.717) is 24.5 Å². The third-order valence-electron chi connectivity index (χ3n) is 5.82. The first-order valence-corrected chi connectivity index (χ1v) is 12.0. The molecular formula is C26H34ClN3O3. The summed E-state index contributed by atoms with van der Waals surface area (Å²) in [5.41, 5.74) is 1.95. The molecule has 1 atom stereocenters. The third-order valence-corrected chi connectivity index (χ3v) is 6.08. The zero-order chi connectivity index (χ0) is 23.6. The van der Waals surface area contributed by atoms with Gasteiger partial charge in [0, 0.05) is 50.1 Å². The molecule has 1 aliphatic heterocycles. The van der Waals surface area contributed by atoms with Gasteiger partial charge in [0.15, 0.2) is 0 Å². The van der Waals surface area contributed by atoms with E-state index in [9.17, 15) is 9.59 Å². The second-order valence-corrected chi connectivity index (χ2v) is 9.13. The molecule has 1 fully saturated rings. The zero-order valence-corrected chi connectivity index (χ0v) is 20.3. The fourth-order valence-electron chi connectivity index (χ4n) is 3.92. The van der Waals surface area contributed by atoms with Crippen molar-refractivity contribution in [3.05, 3.63) is 70.7 Å². The minimum atomic E-state index is -0.609. The lowest BCUT2D eigenvalue weighted by atomic mass is 10.0. The Bertz CT molecular complexity index is 883. The number of carbonyl (C=O) groups is 2. The van der Waals surface area contributed by atoms with Crippen molar-refractivity contribution in [2.24, 2.45) is 5.92 Å². The molecule has 33 heavy (non-hydrogen) atoms. The number of hydrogen-bond donors (Lipinski definition) is 1. The number of ether oxygens (including phenoxy) is 1. The molecule has 0 bridgehead atoms. The van der Waals surface area contributed by atoms with Gasteiger partial charge in [-0.15, -0.1) is 0 Å². The first kappa shape index (κ1) is 25.2. The van der Waals surface area contributed by atoms with Crippen LogP contribution in [0.3, 0.4) is 0 Å². The molecule has 6 nitrogen and oxygen atoms in total. The minimum Gasteiger partial charge on any atom is -0.379 e. The highest BCUT2D eigenvalue weighted by molar-refractivity contribution is 6.30. The highest BCUT2D eigenvalue weighted by Gasteiger charge is 2.31. The second kappa shape index (κ2) is 12.7. The maximum absolute atomic E-state index is 13.4. The van der Waals surface area contributed by atoms with Crippen LogP contribution < -0.4 is 5.32 Å². The fraction of sp³-hybridized carbons (Fsp3) is 0.462. The van der Waals surface area contributed by atoms with Crippen LogP contribution in [0.5, 0.6) is 0 Å². The van der Waals surface area contributed by atoms with Gasteiger partial charge >= 0.3 is 0 Å². The topological polar surface area (TPSA) is 61.9 Å². The smallest absolute Gasteiger partial charge is 0.243 e. The Morgan fingerprint density at radius 2 is 1.70 bits per heavy atom. The first-order valence-electron chi connectivity index (χ1n) is 11.6. The Morgan fingerprint density at radius 1 is 1.03 bits per heavy atom. The average Bonchev–Trinajstić information content (AvgIpc) is 2.83. The standard InChI is InChI=1S/C26H34ClN3O3/c1-20(2)26(32)30(19-22-8-10-23(27)11-9-22)24(18-21-6-4-3-5-7-21)25(31)28-12-13-29-14-16-33-17-15-29/h3-11,20,24H,12-19H2,1-2H3,(H,28,31)/t24-/m0/s1. The van der Waals surface area contributed by atoms with Crippen LogP contribution in [-0.2, 0) is 27.3 Å². The molecule has 178 valence electrons. The molecule has 0 saturated carbocycles. The van der Waals surface area contributed by atoms with Crippen LogP contribution in [0, 0.1) is 5.92 Å². The molecule has 1 saturated heterocycles. The Hall–Kier alpha value is -2.41. The van der Waals surface area contributed by atoms with Crippen molar-refractivity contribution in [1.29, 1.82) is 0 Å². The summed E-state index contributed by atoms with van der Waals surface area (Å²) in [6, 6.07) is 16.7. The average molecular weight is 472 g/mol. The van der Waals surface area contributed by atoms with Crippen LogP contribution >= 0.6 is 11.6 Å². The summed E-state index contributed by atoms with van der Waals surface area (Å²) in [7, 11) is 0. The normalized spacial score (nSPS) is 15.3. The molecule has 0 aliphatic carbocycles. The van der Waals surface area contributed by atoms with Crippen LogP contribution in [0.2, 0.25) is 5.02 Å². The van der Waals surface area contributed by atoms with Crippen molar-refractivity contribution in [2.75, 3.05) is 39.4 Å². The van der Waals surface area contributed by atoms with Crippen LogP contribution in [0.1, 0.15) is 25.0 Å². The zero-order valence-electron chi connectivity index (χ0n) is 19.5. The van der Waals surface area contributed by atoms with Gasteiger partial charge in [-0.2, -0.15) is 0 Å². The van der Waals surface area contributed by atoms with E-state index in [1.807, 2.05) is 68.4 Å². The maximum atomic E-state index is 13.4. The lowest BCUT2D eigenvalue weighted by molar-refractivity contribution is -0.143. The SMILES string of the molecule is CC(C)C(=O)N(Cc1ccc(Cl)cc1)[C@@H](Cc1ccccc1)C(=O)NCCN1CCOCC1. The number of benzene rings is 2. The van der Waals surface area contributed by atoms with Crippen LogP contribution in [-0.4, -0.2) is 67.0 Å². The molecule has 2 amide bonds. The molecule has 7 heteroatoms. The molecule has 0 spiro atoms. The predicted octanol–water partition coefficient (Wildman–Crippen LogP) is 3.38. The van der Waals surface area contributed by atoms with Gasteiger partial charge in [0.25, 0.3) is 0 Å². The molecule has 1 N–H and O–H groups in total. The molecule has 3 rings (SSSR count). The molecule has 0 aromatic heterocycles. The van der Waals surface area contributed by atoms with Gasteiger partial charge < -0.3 is 15.0 Å². The summed E-state index contributed by atoms with van der Waals surface area (Å²) < 4.78 is 5.39. The van der Waals surface area contributed by atoms with Gasteiger partial charge in [-0.05, 0) is 23.3 Å². The van der Waals surface area contributed by atoms with Crippen LogP contribution in [0.15, 0.2) is 54.6 Å². The van der Waals surface area contributed by atoms with Crippen LogP contribution in [0.25, 0.3) is 0 Å². The lowest BCUT2D eigenvalue weighted by Crippen LogP contribution is -2.52. The van der Waals surface area contributed by atoms with E-state index < -0.39 is 6.04 Å². The van der Waals surface area contributed by atoms with E-state index in [1.54, 1.807) is 4.90 Å². The molecule has 2 aromatic rings. The summed E-state index contributed by atoms with van der Waals surface area (Å²) in [5, 5.41) is 3.72. The highest BCUT2D eigenvalue weighted by Crippen LogP contribution is 2.18. The Labute approximate surface area is 201 Å². The molecule has 2 aromatic carbocycles. The number of hydrogen-bond acceptors (Lipinski definition) is 4. The van der Waals surface area contributed by atoms with E-state index >= 15 is 0 Å². The van der Waals surface area contributed by atoms with Gasteiger partial charge in [0.1, 0.15) is 6.04 Å². The van der Waals surface area contributed by atoms with Gasteiger partial charge in [0.05, 0.1) is 13.2 Å². The maximum Gasteiger partial charge on any atom is 0.243 e. The van der Waals surface area contributed by atoms with Crippen molar-refractivity contribution in [2.45, 2.75) is 32.9 Å². The summed E-state index contributed by atoms with van der Waals surface area (Å²) in [5.74, 6) is -0.402. The van der Waals surface area contributed by atoms with E-state index in [2.05, 4.69) is 10.2 Å². The van der Waals surface area contributed by atoms with Crippen LogP contribution in [0.4, 0.5) is 0 Å². The molecule has 0 radical (unpaired) electrons. The summed E-state index contributed by atoms with van der Waals surface area (Å²) in [4.78, 5) is 30.7. The molecule has 0 unspecified atom stereocenters. The van der Waals surface area contributed by atoms with Crippen molar-refractivity contribution in [1.82, 2.24) is 15.1 Å².